The highest BCUT2D eigenvalue weighted by Gasteiger charge is 2.14. The van der Waals surface area contributed by atoms with E-state index in [0.717, 1.165) is 0 Å². The highest BCUT2D eigenvalue weighted by Crippen LogP contribution is 2.33. The van der Waals surface area contributed by atoms with Gasteiger partial charge >= 0.3 is 0 Å². The van der Waals surface area contributed by atoms with Crippen LogP contribution in [0.15, 0.2) is 17.0 Å². The Morgan fingerprint density at radius 3 is 1.28 bits per heavy atom. The SMILES string of the molecule is CC.CC(C)c1cc(C(C)C)c(S)c(C(C)C)c1. The molecular formula is C17H30S. The summed E-state index contributed by atoms with van der Waals surface area (Å²) in [7, 11) is 0. The standard InChI is InChI=1S/C15H24S.C2H6/c1-9(2)12-7-13(10(3)4)15(16)14(8-12)11(5)6;1-2/h7-11,16H,1-6H3;1-2H3. The average Bonchev–Trinajstić information content (AvgIpc) is 2.30. The minimum absolute atomic E-state index is 0.545. The van der Waals surface area contributed by atoms with Gasteiger partial charge in [0.2, 0.25) is 0 Å². The smallest absolute Gasteiger partial charge is 0.0110 e. The van der Waals surface area contributed by atoms with E-state index < -0.39 is 0 Å². The van der Waals surface area contributed by atoms with Crippen molar-refractivity contribution in [2.75, 3.05) is 0 Å². The molecule has 0 amide bonds. The van der Waals surface area contributed by atoms with Crippen LogP contribution in [0.1, 0.15) is 89.8 Å². The van der Waals surface area contributed by atoms with E-state index in [1.165, 1.54) is 21.6 Å². The second-order valence-electron chi connectivity index (χ2n) is 5.51. The van der Waals surface area contributed by atoms with Crippen LogP contribution in [-0.2, 0) is 0 Å². The first-order valence-corrected chi connectivity index (χ1v) is 7.66. The summed E-state index contributed by atoms with van der Waals surface area (Å²) < 4.78 is 0. The molecule has 104 valence electrons. The van der Waals surface area contributed by atoms with Crippen molar-refractivity contribution >= 4 is 12.6 Å². The van der Waals surface area contributed by atoms with Crippen molar-refractivity contribution in [3.05, 3.63) is 28.8 Å². The van der Waals surface area contributed by atoms with Crippen LogP contribution >= 0.6 is 12.6 Å². The molecule has 0 radical (unpaired) electrons. The van der Waals surface area contributed by atoms with Crippen molar-refractivity contribution < 1.29 is 0 Å². The zero-order valence-electron chi connectivity index (χ0n) is 13.3. The molecule has 0 bridgehead atoms. The molecule has 0 aliphatic rings. The Morgan fingerprint density at radius 1 is 0.722 bits per heavy atom. The van der Waals surface area contributed by atoms with E-state index in [2.05, 4.69) is 53.7 Å². The lowest BCUT2D eigenvalue weighted by atomic mass is 9.89. The Bertz CT molecular complexity index is 333. The fourth-order valence-corrected chi connectivity index (χ4v) is 2.56. The molecule has 1 heteroatoms. The third kappa shape index (κ3) is 4.35. The van der Waals surface area contributed by atoms with Crippen molar-refractivity contribution in [1.29, 1.82) is 0 Å². The van der Waals surface area contributed by atoms with Crippen LogP contribution in [0.3, 0.4) is 0 Å². The van der Waals surface area contributed by atoms with Crippen molar-refractivity contribution in [2.45, 2.75) is 78.0 Å². The van der Waals surface area contributed by atoms with Crippen LogP contribution in [0.25, 0.3) is 0 Å². The molecule has 1 aromatic carbocycles. The molecule has 18 heavy (non-hydrogen) atoms. The minimum Gasteiger partial charge on any atom is -0.143 e. The molecular weight excluding hydrogens is 236 g/mol. The van der Waals surface area contributed by atoms with Gasteiger partial charge in [-0.05, 0) is 34.4 Å². The lowest BCUT2D eigenvalue weighted by Gasteiger charge is -2.19. The molecule has 0 spiro atoms. The van der Waals surface area contributed by atoms with Crippen LogP contribution in [0.2, 0.25) is 0 Å². The second kappa shape index (κ2) is 7.89. The zero-order valence-corrected chi connectivity index (χ0v) is 14.2. The number of benzene rings is 1. The van der Waals surface area contributed by atoms with E-state index in [1.807, 2.05) is 13.8 Å². The van der Waals surface area contributed by atoms with Gasteiger partial charge in [0.1, 0.15) is 0 Å². The lowest BCUT2D eigenvalue weighted by molar-refractivity contribution is 0.773. The van der Waals surface area contributed by atoms with Crippen LogP contribution in [0.5, 0.6) is 0 Å². The fourth-order valence-electron chi connectivity index (χ4n) is 1.92. The van der Waals surface area contributed by atoms with Gasteiger partial charge in [-0.15, -0.1) is 12.6 Å². The van der Waals surface area contributed by atoms with Crippen molar-refractivity contribution in [2.24, 2.45) is 0 Å². The summed E-state index contributed by atoms with van der Waals surface area (Å²) in [6, 6.07) is 4.65. The van der Waals surface area contributed by atoms with Gasteiger partial charge in [0.05, 0.1) is 0 Å². The lowest BCUT2D eigenvalue weighted by Crippen LogP contribution is -2.01. The van der Waals surface area contributed by atoms with Gasteiger partial charge in [0, 0.05) is 4.90 Å². The second-order valence-corrected chi connectivity index (χ2v) is 5.96. The normalized spacial score (nSPS) is 10.9. The van der Waals surface area contributed by atoms with Crippen molar-refractivity contribution in [1.82, 2.24) is 0 Å². The third-order valence-electron chi connectivity index (χ3n) is 3.10. The maximum absolute atomic E-state index is 4.71. The summed E-state index contributed by atoms with van der Waals surface area (Å²) in [5, 5.41) is 0. The van der Waals surface area contributed by atoms with Crippen LogP contribution in [0.4, 0.5) is 0 Å². The summed E-state index contributed by atoms with van der Waals surface area (Å²) in [6.45, 7) is 17.5. The van der Waals surface area contributed by atoms with E-state index in [9.17, 15) is 0 Å². The Morgan fingerprint density at radius 2 is 1.06 bits per heavy atom. The molecule has 1 aromatic rings. The first-order valence-electron chi connectivity index (χ1n) is 7.21. The minimum atomic E-state index is 0.545. The molecule has 0 aliphatic heterocycles. The predicted octanol–water partition coefficient (Wildman–Crippen LogP) is 6.37. The number of hydrogen-bond donors (Lipinski definition) is 1. The van der Waals surface area contributed by atoms with E-state index >= 15 is 0 Å². The molecule has 0 aliphatic carbocycles. The van der Waals surface area contributed by atoms with Gasteiger partial charge < -0.3 is 0 Å². The van der Waals surface area contributed by atoms with E-state index in [1.54, 1.807) is 0 Å². The topological polar surface area (TPSA) is 0 Å². The Balaban J connectivity index is 0.00000137. The molecule has 0 aromatic heterocycles. The first-order chi connectivity index (χ1) is 8.34. The van der Waals surface area contributed by atoms with Gasteiger partial charge in [-0.3, -0.25) is 0 Å². The summed E-state index contributed by atoms with van der Waals surface area (Å²) in [4.78, 5) is 1.19. The molecule has 0 unspecified atom stereocenters. The first kappa shape index (κ1) is 17.6. The largest absolute Gasteiger partial charge is 0.143 e. The Kier molecular flexibility index (Phi) is 7.70. The van der Waals surface area contributed by atoms with Crippen LogP contribution in [-0.4, -0.2) is 0 Å². The molecule has 0 fully saturated rings. The van der Waals surface area contributed by atoms with E-state index in [0.29, 0.717) is 17.8 Å². The molecule has 0 saturated carbocycles. The Labute approximate surface area is 120 Å². The maximum Gasteiger partial charge on any atom is 0.0110 e. The molecule has 0 nitrogen and oxygen atoms in total. The number of hydrogen-bond acceptors (Lipinski definition) is 1. The Hall–Kier alpha value is -0.430. The molecule has 0 atom stereocenters. The van der Waals surface area contributed by atoms with Gasteiger partial charge in [0.25, 0.3) is 0 Å². The maximum atomic E-state index is 4.71. The molecule has 0 heterocycles. The van der Waals surface area contributed by atoms with Gasteiger partial charge in [-0.25, -0.2) is 0 Å². The van der Waals surface area contributed by atoms with E-state index in [4.69, 9.17) is 12.6 Å². The summed E-state index contributed by atoms with van der Waals surface area (Å²) in [5.41, 5.74) is 4.21. The average molecular weight is 266 g/mol. The molecule has 0 N–H and O–H groups in total. The third-order valence-corrected chi connectivity index (χ3v) is 3.62. The molecule has 0 saturated heterocycles. The van der Waals surface area contributed by atoms with Gasteiger partial charge in [0.15, 0.2) is 0 Å². The highest BCUT2D eigenvalue weighted by atomic mass is 32.1. The monoisotopic (exact) mass is 266 g/mol. The summed E-state index contributed by atoms with van der Waals surface area (Å²) >= 11 is 4.71. The predicted molar refractivity (Wildman–Crippen MR) is 87.3 cm³/mol. The van der Waals surface area contributed by atoms with Crippen LogP contribution in [0, 0.1) is 0 Å². The quantitative estimate of drug-likeness (QED) is 0.604. The molecule has 1 rings (SSSR count). The van der Waals surface area contributed by atoms with Crippen molar-refractivity contribution in [3.8, 4) is 0 Å². The van der Waals surface area contributed by atoms with Crippen LogP contribution < -0.4 is 0 Å². The summed E-state index contributed by atoms with van der Waals surface area (Å²) in [6.07, 6.45) is 0. The number of thiol groups is 1. The zero-order chi connectivity index (χ0) is 14.5. The summed E-state index contributed by atoms with van der Waals surface area (Å²) in [5.74, 6) is 1.68. The highest BCUT2D eigenvalue weighted by molar-refractivity contribution is 7.80. The number of rotatable bonds is 3. The van der Waals surface area contributed by atoms with Gasteiger partial charge in [-0.1, -0.05) is 67.5 Å². The fraction of sp³-hybridized carbons (Fsp3) is 0.647. The van der Waals surface area contributed by atoms with Crippen molar-refractivity contribution in [3.63, 3.8) is 0 Å². The van der Waals surface area contributed by atoms with E-state index in [-0.39, 0.29) is 0 Å². The van der Waals surface area contributed by atoms with Gasteiger partial charge in [-0.2, -0.15) is 0 Å².